The van der Waals surface area contributed by atoms with E-state index in [1.54, 1.807) is 0 Å². The molecule has 5 nitrogen and oxygen atoms in total. The van der Waals surface area contributed by atoms with Gasteiger partial charge < -0.3 is 19.8 Å². The summed E-state index contributed by atoms with van der Waals surface area (Å²) in [4.78, 5) is 13.0. The first-order chi connectivity index (χ1) is 13.3. The zero-order chi connectivity index (χ0) is 20.3. The first kappa shape index (κ1) is 20.2. The minimum Gasteiger partial charge on any atom is -0.489 e. The van der Waals surface area contributed by atoms with Gasteiger partial charge in [0.25, 0.3) is 0 Å². The molecular formula is C23H29NO4. The average Bonchev–Trinajstić information content (AvgIpc) is 2.66. The number of aliphatic hydroxyl groups is 1. The van der Waals surface area contributed by atoms with Crippen LogP contribution in [0.1, 0.15) is 44.2 Å². The number of amides is 1. The van der Waals surface area contributed by atoms with Crippen LogP contribution < -0.4 is 4.74 Å². The van der Waals surface area contributed by atoms with Crippen LogP contribution in [0.2, 0.25) is 0 Å². The first-order valence-electron chi connectivity index (χ1n) is 9.71. The molecule has 0 bridgehead atoms. The topological polar surface area (TPSA) is 70.0 Å². The molecule has 1 amide bonds. The van der Waals surface area contributed by atoms with E-state index in [4.69, 9.17) is 4.74 Å². The summed E-state index contributed by atoms with van der Waals surface area (Å²) in [6.07, 6.45) is -1.12. The third kappa shape index (κ3) is 4.47. The Balaban J connectivity index is 1.71. The van der Waals surface area contributed by atoms with Gasteiger partial charge in [0, 0.05) is 12.5 Å². The lowest BCUT2D eigenvalue weighted by atomic mass is 9.73. The van der Waals surface area contributed by atoms with Gasteiger partial charge in [0.05, 0.1) is 12.1 Å². The summed E-state index contributed by atoms with van der Waals surface area (Å²) in [5.74, 6) is 0.681. The quantitative estimate of drug-likeness (QED) is 0.815. The van der Waals surface area contributed by atoms with Crippen molar-refractivity contribution in [3.63, 3.8) is 0 Å². The Hall–Kier alpha value is -2.53. The molecule has 1 heterocycles. The van der Waals surface area contributed by atoms with E-state index in [9.17, 15) is 15.0 Å². The molecule has 1 fully saturated rings. The van der Waals surface area contributed by atoms with Gasteiger partial charge in [-0.05, 0) is 35.1 Å². The fraction of sp³-hybridized carbons (Fsp3) is 0.435. The third-order valence-corrected chi connectivity index (χ3v) is 5.44. The van der Waals surface area contributed by atoms with Crippen molar-refractivity contribution in [1.29, 1.82) is 0 Å². The SMILES string of the molecule is CC(C)(C)C1C(O)[C@@H](c2ccc(OCc3ccccc3)cc2)CCN1C(=O)O. The molecule has 3 atom stereocenters. The zero-order valence-electron chi connectivity index (χ0n) is 16.7. The molecule has 0 aliphatic carbocycles. The van der Waals surface area contributed by atoms with Gasteiger partial charge in [0.2, 0.25) is 0 Å². The van der Waals surface area contributed by atoms with Gasteiger partial charge >= 0.3 is 6.09 Å². The average molecular weight is 383 g/mol. The molecule has 1 saturated heterocycles. The van der Waals surface area contributed by atoms with Crippen molar-refractivity contribution in [1.82, 2.24) is 4.90 Å². The Labute approximate surface area is 166 Å². The molecular weight excluding hydrogens is 354 g/mol. The summed E-state index contributed by atoms with van der Waals surface area (Å²) in [7, 11) is 0. The molecule has 2 aromatic carbocycles. The van der Waals surface area contributed by atoms with Crippen molar-refractivity contribution >= 4 is 6.09 Å². The molecule has 0 saturated carbocycles. The van der Waals surface area contributed by atoms with Crippen LogP contribution in [-0.4, -0.2) is 39.9 Å². The predicted octanol–water partition coefficient (Wildman–Crippen LogP) is 4.51. The number of benzene rings is 2. The van der Waals surface area contributed by atoms with Crippen LogP contribution in [0.25, 0.3) is 0 Å². The Morgan fingerprint density at radius 1 is 1.11 bits per heavy atom. The highest BCUT2D eigenvalue weighted by Crippen LogP contribution is 2.39. The second-order valence-corrected chi connectivity index (χ2v) is 8.52. The van der Waals surface area contributed by atoms with E-state index in [1.165, 1.54) is 4.90 Å². The Kier molecular flexibility index (Phi) is 5.94. The second-order valence-electron chi connectivity index (χ2n) is 8.52. The molecule has 2 aromatic rings. The molecule has 0 radical (unpaired) electrons. The highest BCUT2D eigenvalue weighted by atomic mass is 16.5. The number of ether oxygens (including phenoxy) is 1. The van der Waals surface area contributed by atoms with Crippen LogP contribution in [-0.2, 0) is 6.61 Å². The number of hydrogen-bond acceptors (Lipinski definition) is 3. The van der Waals surface area contributed by atoms with Gasteiger partial charge in [0.1, 0.15) is 12.4 Å². The van der Waals surface area contributed by atoms with Crippen molar-refractivity contribution in [2.24, 2.45) is 5.41 Å². The Morgan fingerprint density at radius 3 is 2.32 bits per heavy atom. The van der Waals surface area contributed by atoms with Crippen molar-refractivity contribution in [2.75, 3.05) is 6.54 Å². The van der Waals surface area contributed by atoms with Crippen LogP contribution in [0.3, 0.4) is 0 Å². The highest BCUT2D eigenvalue weighted by molar-refractivity contribution is 5.66. The Bertz CT molecular complexity index is 782. The lowest BCUT2D eigenvalue weighted by molar-refractivity contribution is -0.0430. The number of hydrogen-bond donors (Lipinski definition) is 2. The monoisotopic (exact) mass is 383 g/mol. The number of likely N-dealkylation sites (tertiary alicyclic amines) is 1. The van der Waals surface area contributed by atoms with Gasteiger partial charge in [0.15, 0.2) is 0 Å². The first-order valence-corrected chi connectivity index (χ1v) is 9.71. The number of rotatable bonds is 4. The smallest absolute Gasteiger partial charge is 0.407 e. The van der Waals surface area contributed by atoms with Gasteiger partial charge in [-0.3, -0.25) is 0 Å². The summed E-state index contributed by atoms with van der Waals surface area (Å²) < 4.78 is 5.84. The van der Waals surface area contributed by atoms with E-state index >= 15 is 0 Å². The minimum atomic E-state index is -0.970. The van der Waals surface area contributed by atoms with Crippen LogP contribution in [0.5, 0.6) is 5.75 Å². The number of aliphatic hydroxyl groups excluding tert-OH is 1. The molecule has 1 aliphatic heterocycles. The summed E-state index contributed by atoms with van der Waals surface area (Å²) >= 11 is 0. The lowest BCUT2D eigenvalue weighted by Crippen LogP contribution is -2.58. The minimum absolute atomic E-state index is 0.0944. The fourth-order valence-electron chi connectivity index (χ4n) is 4.10. The van der Waals surface area contributed by atoms with Crippen LogP contribution in [0.4, 0.5) is 4.79 Å². The molecule has 5 heteroatoms. The maximum Gasteiger partial charge on any atom is 0.407 e. The van der Waals surface area contributed by atoms with E-state index in [0.717, 1.165) is 16.9 Å². The maximum absolute atomic E-state index is 11.6. The number of nitrogens with zero attached hydrogens (tertiary/aromatic N) is 1. The molecule has 0 aromatic heterocycles. The molecule has 2 unspecified atom stereocenters. The van der Waals surface area contributed by atoms with E-state index in [-0.39, 0.29) is 11.3 Å². The van der Waals surface area contributed by atoms with Crippen molar-refractivity contribution in [2.45, 2.75) is 51.9 Å². The molecule has 0 spiro atoms. The number of carbonyl (C=O) groups is 1. The van der Waals surface area contributed by atoms with Crippen molar-refractivity contribution < 1.29 is 19.7 Å². The standard InChI is InChI=1S/C23H29NO4/c1-23(2,3)21-20(25)19(13-14-24(21)22(26)27)17-9-11-18(12-10-17)28-15-16-7-5-4-6-8-16/h4-12,19-21,25H,13-15H2,1-3H3,(H,26,27)/t19-,20?,21?/m1/s1. The fourth-order valence-corrected chi connectivity index (χ4v) is 4.10. The van der Waals surface area contributed by atoms with Crippen molar-refractivity contribution in [3.05, 3.63) is 65.7 Å². The van der Waals surface area contributed by atoms with Gasteiger partial charge in [-0.15, -0.1) is 0 Å². The molecule has 1 aliphatic rings. The van der Waals surface area contributed by atoms with Crippen LogP contribution >= 0.6 is 0 Å². The second kappa shape index (κ2) is 8.23. The summed E-state index contributed by atoms with van der Waals surface area (Å²) in [5, 5.41) is 20.6. The largest absolute Gasteiger partial charge is 0.489 e. The van der Waals surface area contributed by atoms with Gasteiger partial charge in [-0.25, -0.2) is 4.79 Å². The maximum atomic E-state index is 11.6. The number of piperidine rings is 1. The van der Waals surface area contributed by atoms with E-state index in [2.05, 4.69) is 0 Å². The summed E-state index contributed by atoms with van der Waals surface area (Å²) in [6.45, 7) is 6.84. The predicted molar refractivity (Wildman–Crippen MR) is 109 cm³/mol. The van der Waals surface area contributed by atoms with E-state index < -0.39 is 18.2 Å². The molecule has 28 heavy (non-hydrogen) atoms. The molecule has 3 rings (SSSR count). The van der Waals surface area contributed by atoms with E-state index in [0.29, 0.717) is 19.6 Å². The zero-order valence-corrected chi connectivity index (χ0v) is 16.7. The molecule has 2 N–H and O–H groups in total. The van der Waals surface area contributed by atoms with Gasteiger partial charge in [-0.2, -0.15) is 0 Å². The Morgan fingerprint density at radius 2 is 1.75 bits per heavy atom. The van der Waals surface area contributed by atoms with E-state index in [1.807, 2.05) is 75.4 Å². The van der Waals surface area contributed by atoms with Gasteiger partial charge in [-0.1, -0.05) is 63.2 Å². The summed E-state index contributed by atoms with van der Waals surface area (Å²) in [5.41, 5.74) is 1.77. The molecule has 150 valence electrons. The van der Waals surface area contributed by atoms with Crippen molar-refractivity contribution in [3.8, 4) is 5.75 Å². The normalized spacial score (nSPS) is 22.7. The summed E-state index contributed by atoms with van der Waals surface area (Å²) in [6, 6.07) is 17.3. The van der Waals surface area contributed by atoms with Crippen LogP contribution in [0, 0.1) is 5.41 Å². The third-order valence-electron chi connectivity index (χ3n) is 5.44. The van der Waals surface area contributed by atoms with Crippen LogP contribution in [0.15, 0.2) is 54.6 Å². The highest BCUT2D eigenvalue weighted by Gasteiger charge is 2.45. The lowest BCUT2D eigenvalue weighted by Gasteiger charge is -2.48. The number of carboxylic acid groups (broad SMARTS) is 1.